The third-order valence-corrected chi connectivity index (χ3v) is 1.87. The number of methoxy groups -OCH3 is 1. The second-order valence-electron chi connectivity index (χ2n) is 3.02. The molecule has 1 atom stereocenters. The van der Waals surface area contributed by atoms with Crippen LogP contribution in [0.15, 0.2) is 21.9 Å². The van der Waals surface area contributed by atoms with Crippen molar-refractivity contribution in [1.82, 2.24) is 9.55 Å². The Hall–Kier alpha value is -1.44. The Kier molecular flexibility index (Phi) is 4.90. The van der Waals surface area contributed by atoms with E-state index in [1.165, 1.54) is 23.9 Å². The van der Waals surface area contributed by atoms with Crippen LogP contribution >= 0.6 is 0 Å². The van der Waals surface area contributed by atoms with Crippen molar-refractivity contribution in [1.29, 1.82) is 0 Å². The van der Waals surface area contributed by atoms with Crippen LogP contribution in [0.2, 0.25) is 0 Å². The Labute approximate surface area is 91.2 Å². The largest absolute Gasteiger partial charge is 0.394 e. The van der Waals surface area contributed by atoms with Crippen LogP contribution in [0.5, 0.6) is 0 Å². The molecule has 0 radical (unpaired) electrons. The fraction of sp³-hybridized carbons (Fsp3) is 0.556. The fourth-order valence-corrected chi connectivity index (χ4v) is 1.19. The molecule has 16 heavy (non-hydrogen) atoms. The Morgan fingerprint density at radius 2 is 2.31 bits per heavy atom. The average molecular weight is 230 g/mol. The lowest BCUT2D eigenvalue weighted by molar-refractivity contribution is -0.0590. The minimum atomic E-state index is -0.665. The number of aliphatic hydroxyl groups is 1. The van der Waals surface area contributed by atoms with Gasteiger partial charge < -0.3 is 14.6 Å². The molecular weight excluding hydrogens is 216 g/mol. The summed E-state index contributed by atoms with van der Waals surface area (Å²) in [5.41, 5.74) is -1.05. The smallest absolute Gasteiger partial charge is 0.330 e. The van der Waals surface area contributed by atoms with Gasteiger partial charge in [0.1, 0.15) is 0 Å². The molecule has 1 aromatic rings. The molecule has 90 valence electrons. The normalized spacial score (nSPS) is 12.6. The van der Waals surface area contributed by atoms with E-state index in [0.717, 1.165) is 0 Å². The predicted octanol–water partition coefficient (Wildman–Crippen LogP) is -1.31. The second kappa shape index (κ2) is 6.21. The van der Waals surface area contributed by atoms with Crippen molar-refractivity contribution >= 4 is 0 Å². The number of nitrogens with zero attached hydrogens (tertiary/aromatic N) is 1. The van der Waals surface area contributed by atoms with Gasteiger partial charge in [-0.1, -0.05) is 0 Å². The summed E-state index contributed by atoms with van der Waals surface area (Å²) in [6.07, 6.45) is 0.656. The van der Waals surface area contributed by atoms with Crippen molar-refractivity contribution in [2.45, 2.75) is 6.23 Å². The van der Waals surface area contributed by atoms with E-state index in [1.807, 2.05) is 0 Å². The van der Waals surface area contributed by atoms with Crippen LogP contribution < -0.4 is 11.2 Å². The van der Waals surface area contributed by atoms with Crippen LogP contribution in [0, 0.1) is 0 Å². The minimum absolute atomic E-state index is 0.0829. The van der Waals surface area contributed by atoms with Gasteiger partial charge in [0, 0.05) is 19.4 Å². The molecule has 1 aromatic heterocycles. The van der Waals surface area contributed by atoms with Crippen LogP contribution in [-0.2, 0) is 9.47 Å². The van der Waals surface area contributed by atoms with Crippen molar-refractivity contribution in [2.75, 3.05) is 26.9 Å². The van der Waals surface area contributed by atoms with Crippen molar-refractivity contribution in [3.63, 3.8) is 0 Å². The quantitative estimate of drug-likeness (QED) is 0.633. The Morgan fingerprint density at radius 3 is 2.88 bits per heavy atom. The monoisotopic (exact) mass is 230 g/mol. The summed E-state index contributed by atoms with van der Waals surface area (Å²) in [5.74, 6) is 0. The number of hydrogen-bond acceptors (Lipinski definition) is 5. The van der Waals surface area contributed by atoms with E-state index in [4.69, 9.17) is 14.6 Å². The average Bonchev–Trinajstić information content (AvgIpc) is 2.25. The summed E-state index contributed by atoms with van der Waals surface area (Å²) in [6.45, 7) is 0.0733. The van der Waals surface area contributed by atoms with Gasteiger partial charge in [-0.25, -0.2) is 4.79 Å². The number of aromatic nitrogens is 2. The first kappa shape index (κ1) is 12.6. The number of aromatic amines is 1. The summed E-state index contributed by atoms with van der Waals surface area (Å²) < 4.78 is 11.3. The van der Waals surface area contributed by atoms with Crippen LogP contribution in [0.3, 0.4) is 0 Å². The lowest BCUT2D eigenvalue weighted by Crippen LogP contribution is -2.34. The van der Waals surface area contributed by atoms with E-state index in [0.29, 0.717) is 0 Å². The van der Waals surface area contributed by atoms with E-state index in [1.54, 1.807) is 0 Å². The number of H-pyrrole nitrogens is 1. The molecule has 0 fully saturated rings. The van der Waals surface area contributed by atoms with Gasteiger partial charge >= 0.3 is 5.69 Å². The van der Waals surface area contributed by atoms with Gasteiger partial charge in [-0.15, -0.1) is 0 Å². The highest BCUT2D eigenvalue weighted by molar-refractivity contribution is 4.84. The van der Waals surface area contributed by atoms with E-state index < -0.39 is 17.5 Å². The van der Waals surface area contributed by atoms with E-state index in [2.05, 4.69) is 4.98 Å². The zero-order chi connectivity index (χ0) is 12.0. The van der Waals surface area contributed by atoms with E-state index in [9.17, 15) is 9.59 Å². The van der Waals surface area contributed by atoms with Crippen LogP contribution in [0.4, 0.5) is 0 Å². The highest BCUT2D eigenvalue weighted by atomic mass is 16.5. The maximum atomic E-state index is 11.4. The first-order valence-corrected chi connectivity index (χ1v) is 4.72. The van der Waals surface area contributed by atoms with Gasteiger partial charge in [-0.2, -0.15) is 0 Å². The topological polar surface area (TPSA) is 93.5 Å². The second-order valence-corrected chi connectivity index (χ2v) is 3.02. The maximum Gasteiger partial charge on any atom is 0.330 e. The Morgan fingerprint density at radius 1 is 1.56 bits per heavy atom. The molecule has 0 aliphatic rings. The third kappa shape index (κ3) is 3.30. The van der Waals surface area contributed by atoms with Gasteiger partial charge in [0.2, 0.25) is 0 Å². The zero-order valence-corrected chi connectivity index (χ0v) is 8.88. The standard InChI is InChI=1S/C9H14N2O5/c1-15-6-8(16-5-4-12)11-3-2-7(13)10-9(11)14/h2-3,8,12H,4-6H2,1H3,(H,10,13,14)/t8-/m1/s1. The first-order valence-electron chi connectivity index (χ1n) is 4.72. The van der Waals surface area contributed by atoms with Crippen LogP contribution in [0.1, 0.15) is 6.23 Å². The van der Waals surface area contributed by atoms with Gasteiger partial charge in [0.05, 0.1) is 19.8 Å². The fourth-order valence-electron chi connectivity index (χ4n) is 1.19. The first-order chi connectivity index (χ1) is 7.69. The SMILES string of the molecule is COC[C@@H](OCCO)n1ccc(=O)[nH]c1=O. The van der Waals surface area contributed by atoms with Crippen LogP contribution in [-0.4, -0.2) is 41.6 Å². The summed E-state index contributed by atoms with van der Waals surface area (Å²) in [7, 11) is 1.46. The van der Waals surface area contributed by atoms with Crippen molar-refractivity contribution in [2.24, 2.45) is 0 Å². The van der Waals surface area contributed by atoms with E-state index in [-0.39, 0.29) is 19.8 Å². The molecule has 0 aromatic carbocycles. The highest BCUT2D eigenvalue weighted by Gasteiger charge is 2.12. The van der Waals surface area contributed by atoms with Gasteiger partial charge in [0.15, 0.2) is 6.23 Å². The van der Waals surface area contributed by atoms with Gasteiger partial charge in [-0.05, 0) is 0 Å². The number of hydrogen-bond donors (Lipinski definition) is 2. The predicted molar refractivity (Wildman–Crippen MR) is 55.3 cm³/mol. The Balaban J connectivity index is 2.91. The summed E-state index contributed by atoms with van der Waals surface area (Å²) in [5, 5.41) is 8.63. The molecule has 7 nitrogen and oxygen atoms in total. The number of rotatable bonds is 6. The van der Waals surface area contributed by atoms with Crippen molar-refractivity contribution in [3.8, 4) is 0 Å². The summed E-state index contributed by atoms with van der Waals surface area (Å²) in [4.78, 5) is 24.4. The summed E-state index contributed by atoms with van der Waals surface area (Å²) in [6, 6.07) is 1.21. The van der Waals surface area contributed by atoms with Gasteiger partial charge in [0.25, 0.3) is 5.56 Å². The maximum absolute atomic E-state index is 11.4. The number of aliphatic hydroxyl groups excluding tert-OH is 1. The molecule has 0 aliphatic heterocycles. The van der Waals surface area contributed by atoms with Crippen molar-refractivity contribution in [3.05, 3.63) is 33.1 Å². The molecule has 0 aliphatic carbocycles. The highest BCUT2D eigenvalue weighted by Crippen LogP contribution is 2.04. The molecule has 0 spiro atoms. The molecule has 0 amide bonds. The molecular formula is C9H14N2O5. The summed E-state index contributed by atoms with van der Waals surface area (Å²) >= 11 is 0. The zero-order valence-electron chi connectivity index (χ0n) is 8.88. The lowest BCUT2D eigenvalue weighted by atomic mass is 10.5. The molecule has 0 saturated carbocycles. The van der Waals surface area contributed by atoms with Crippen molar-refractivity contribution < 1.29 is 14.6 Å². The third-order valence-electron chi connectivity index (χ3n) is 1.87. The Bertz CT molecular complexity index is 424. The molecule has 0 saturated heterocycles. The lowest BCUT2D eigenvalue weighted by Gasteiger charge is -2.18. The molecule has 1 heterocycles. The van der Waals surface area contributed by atoms with Crippen LogP contribution in [0.25, 0.3) is 0 Å². The molecule has 0 unspecified atom stereocenters. The number of ether oxygens (including phenoxy) is 2. The van der Waals surface area contributed by atoms with E-state index >= 15 is 0 Å². The molecule has 1 rings (SSSR count). The molecule has 2 N–H and O–H groups in total. The van der Waals surface area contributed by atoms with Gasteiger partial charge in [-0.3, -0.25) is 14.3 Å². The minimum Gasteiger partial charge on any atom is -0.394 e. The molecule has 0 bridgehead atoms. The molecule has 7 heteroatoms. The number of nitrogens with one attached hydrogen (secondary N) is 1.